The maximum Gasteiger partial charge on any atom is 0.257 e. The number of amides is 1. The van der Waals surface area contributed by atoms with Crippen LogP contribution in [0.25, 0.3) is 0 Å². The number of aromatic nitrogens is 1. The molecule has 0 spiro atoms. The zero-order valence-corrected chi connectivity index (χ0v) is 12.0. The zero-order valence-electron chi connectivity index (χ0n) is 12.0. The van der Waals surface area contributed by atoms with E-state index < -0.39 is 0 Å². The maximum absolute atomic E-state index is 12.4. The van der Waals surface area contributed by atoms with Crippen molar-refractivity contribution >= 4 is 17.4 Å². The van der Waals surface area contributed by atoms with E-state index in [9.17, 15) is 9.59 Å². The SMILES string of the molecule is CCc1ccc(NC(=O)c2c[nH]c3c2C(=O)CCC3)cc1. The third-order valence-corrected chi connectivity index (χ3v) is 3.94. The molecule has 108 valence electrons. The normalized spacial score (nSPS) is 13.9. The maximum atomic E-state index is 12.4. The largest absolute Gasteiger partial charge is 0.364 e. The quantitative estimate of drug-likeness (QED) is 0.906. The van der Waals surface area contributed by atoms with Gasteiger partial charge in [0.05, 0.1) is 11.1 Å². The monoisotopic (exact) mass is 282 g/mol. The van der Waals surface area contributed by atoms with Gasteiger partial charge in [0.1, 0.15) is 0 Å². The number of H-pyrrole nitrogens is 1. The number of hydrogen-bond donors (Lipinski definition) is 2. The summed E-state index contributed by atoms with van der Waals surface area (Å²) in [7, 11) is 0. The molecule has 1 amide bonds. The predicted octanol–water partition coefficient (Wildman–Crippen LogP) is 3.35. The molecule has 2 N–H and O–H groups in total. The van der Waals surface area contributed by atoms with Crippen LogP contribution >= 0.6 is 0 Å². The van der Waals surface area contributed by atoms with Crippen molar-refractivity contribution in [2.24, 2.45) is 0 Å². The van der Waals surface area contributed by atoms with Crippen LogP contribution in [0.4, 0.5) is 5.69 Å². The van der Waals surface area contributed by atoms with Gasteiger partial charge in [0, 0.05) is 24.0 Å². The van der Waals surface area contributed by atoms with Gasteiger partial charge < -0.3 is 10.3 Å². The fourth-order valence-electron chi connectivity index (χ4n) is 2.73. The van der Waals surface area contributed by atoms with Crippen molar-refractivity contribution in [3.8, 4) is 0 Å². The Balaban J connectivity index is 1.82. The van der Waals surface area contributed by atoms with Gasteiger partial charge in [-0.1, -0.05) is 19.1 Å². The number of benzene rings is 1. The second kappa shape index (κ2) is 5.56. The van der Waals surface area contributed by atoms with Gasteiger partial charge in [-0.15, -0.1) is 0 Å². The highest BCUT2D eigenvalue weighted by Gasteiger charge is 2.25. The molecule has 0 aliphatic heterocycles. The second-order valence-corrected chi connectivity index (χ2v) is 5.34. The average molecular weight is 282 g/mol. The Labute approximate surface area is 123 Å². The minimum Gasteiger partial charge on any atom is -0.364 e. The van der Waals surface area contributed by atoms with Crippen molar-refractivity contribution < 1.29 is 9.59 Å². The summed E-state index contributed by atoms with van der Waals surface area (Å²) in [6.45, 7) is 2.09. The third kappa shape index (κ3) is 2.61. The highest BCUT2D eigenvalue weighted by molar-refractivity contribution is 6.13. The Morgan fingerprint density at radius 3 is 2.71 bits per heavy atom. The lowest BCUT2D eigenvalue weighted by atomic mass is 9.93. The first kappa shape index (κ1) is 13.6. The van der Waals surface area contributed by atoms with E-state index in [2.05, 4.69) is 17.2 Å². The first-order valence-electron chi connectivity index (χ1n) is 7.32. The number of nitrogens with one attached hydrogen (secondary N) is 2. The van der Waals surface area contributed by atoms with Crippen molar-refractivity contribution in [2.45, 2.75) is 32.6 Å². The molecule has 1 aliphatic rings. The first-order chi connectivity index (χ1) is 10.2. The number of carbonyl (C=O) groups is 2. The Kier molecular flexibility index (Phi) is 3.60. The summed E-state index contributed by atoms with van der Waals surface area (Å²) in [6, 6.07) is 7.76. The molecule has 0 bridgehead atoms. The van der Waals surface area contributed by atoms with Crippen LogP contribution in [0.15, 0.2) is 30.5 Å². The summed E-state index contributed by atoms with van der Waals surface area (Å²) in [5, 5.41) is 2.86. The van der Waals surface area contributed by atoms with Crippen LogP contribution in [0, 0.1) is 0 Å². The molecule has 0 fully saturated rings. The summed E-state index contributed by atoms with van der Waals surface area (Å²) < 4.78 is 0. The highest BCUT2D eigenvalue weighted by atomic mass is 16.2. The standard InChI is InChI=1S/C17H18N2O2/c1-2-11-6-8-12(9-7-11)19-17(21)13-10-18-14-4-3-5-15(20)16(13)14/h6-10,18H,2-5H2,1H3,(H,19,21). The molecular weight excluding hydrogens is 264 g/mol. The van der Waals surface area contributed by atoms with Gasteiger partial charge >= 0.3 is 0 Å². The lowest BCUT2D eigenvalue weighted by Gasteiger charge is -2.12. The van der Waals surface area contributed by atoms with Crippen LogP contribution < -0.4 is 5.32 Å². The number of aryl methyl sites for hydroxylation is 2. The van der Waals surface area contributed by atoms with Crippen molar-refractivity contribution in [3.63, 3.8) is 0 Å². The second-order valence-electron chi connectivity index (χ2n) is 5.34. The fraction of sp³-hybridized carbons (Fsp3) is 0.294. The van der Waals surface area contributed by atoms with Gasteiger partial charge in [0.2, 0.25) is 0 Å². The number of aromatic amines is 1. The molecule has 1 aromatic carbocycles. The zero-order chi connectivity index (χ0) is 14.8. The predicted molar refractivity (Wildman–Crippen MR) is 81.8 cm³/mol. The summed E-state index contributed by atoms with van der Waals surface area (Å²) in [5.74, 6) is -0.170. The Morgan fingerprint density at radius 2 is 2.00 bits per heavy atom. The number of rotatable bonds is 3. The number of anilines is 1. The van der Waals surface area contributed by atoms with E-state index in [0.29, 0.717) is 17.5 Å². The van der Waals surface area contributed by atoms with Gasteiger partial charge in [0.15, 0.2) is 5.78 Å². The van der Waals surface area contributed by atoms with Crippen LogP contribution in [0.5, 0.6) is 0 Å². The van der Waals surface area contributed by atoms with E-state index in [-0.39, 0.29) is 11.7 Å². The minimum absolute atomic E-state index is 0.0592. The topological polar surface area (TPSA) is 62.0 Å². The number of fused-ring (bicyclic) bond motifs is 1. The summed E-state index contributed by atoms with van der Waals surface area (Å²) in [4.78, 5) is 27.4. The highest BCUT2D eigenvalue weighted by Crippen LogP contribution is 2.24. The lowest BCUT2D eigenvalue weighted by molar-refractivity contribution is 0.0956. The number of hydrogen-bond acceptors (Lipinski definition) is 2. The van der Waals surface area contributed by atoms with Gasteiger partial charge in [-0.05, 0) is 37.0 Å². The van der Waals surface area contributed by atoms with Crippen LogP contribution in [-0.2, 0) is 12.8 Å². The van der Waals surface area contributed by atoms with Crippen LogP contribution in [0.1, 0.15) is 51.7 Å². The van der Waals surface area contributed by atoms with Gasteiger partial charge in [-0.2, -0.15) is 0 Å². The average Bonchev–Trinajstić information content (AvgIpc) is 2.93. The van der Waals surface area contributed by atoms with Crippen LogP contribution in [0.2, 0.25) is 0 Å². The van der Waals surface area contributed by atoms with E-state index >= 15 is 0 Å². The molecule has 0 saturated heterocycles. The van der Waals surface area contributed by atoms with E-state index in [1.807, 2.05) is 24.3 Å². The molecule has 2 aromatic rings. The van der Waals surface area contributed by atoms with Crippen molar-refractivity contribution in [1.29, 1.82) is 0 Å². The van der Waals surface area contributed by atoms with Gasteiger partial charge in [-0.25, -0.2) is 0 Å². The van der Waals surface area contributed by atoms with E-state index in [1.165, 1.54) is 5.56 Å². The molecule has 1 heterocycles. The fourth-order valence-corrected chi connectivity index (χ4v) is 2.73. The van der Waals surface area contributed by atoms with Gasteiger partial charge in [-0.3, -0.25) is 9.59 Å². The molecule has 1 aromatic heterocycles. The molecule has 0 radical (unpaired) electrons. The molecular formula is C17H18N2O2. The molecule has 0 saturated carbocycles. The van der Waals surface area contributed by atoms with Gasteiger partial charge in [0.25, 0.3) is 5.91 Å². The summed E-state index contributed by atoms with van der Waals surface area (Å²) >= 11 is 0. The Hall–Kier alpha value is -2.36. The first-order valence-corrected chi connectivity index (χ1v) is 7.32. The molecule has 1 aliphatic carbocycles. The minimum atomic E-state index is -0.230. The molecule has 21 heavy (non-hydrogen) atoms. The van der Waals surface area contributed by atoms with Crippen molar-refractivity contribution in [1.82, 2.24) is 4.98 Å². The molecule has 4 nitrogen and oxygen atoms in total. The van der Waals surface area contributed by atoms with E-state index in [1.54, 1.807) is 6.20 Å². The molecule has 0 unspecified atom stereocenters. The summed E-state index contributed by atoms with van der Waals surface area (Å²) in [5.41, 5.74) is 3.88. The van der Waals surface area contributed by atoms with E-state index in [0.717, 1.165) is 30.6 Å². The third-order valence-electron chi connectivity index (χ3n) is 3.94. The summed E-state index contributed by atoms with van der Waals surface area (Å²) in [6.07, 6.45) is 4.82. The van der Waals surface area contributed by atoms with Crippen molar-refractivity contribution in [2.75, 3.05) is 5.32 Å². The molecule has 3 rings (SSSR count). The lowest BCUT2D eigenvalue weighted by Crippen LogP contribution is -2.17. The molecule has 0 atom stereocenters. The molecule has 4 heteroatoms. The number of Topliss-reactive ketones (excluding diaryl/α,β-unsaturated/α-hetero) is 1. The number of ketones is 1. The van der Waals surface area contributed by atoms with Crippen LogP contribution in [-0.4, -0.2) is 16.7 Å². The smallest absolute Gasteiger partial charge is 0.257 e. The Morgan fingerprint density at radius 1 is 1.24 bits per heavy atom. The van der Waals surface area contributed by atoms with Crippen LogP contribution in [0.3, 0.4) is 0 Å². The Bertz CT molecular complexity index is 683. The number of carbonyl (C=O) groups excluding carboxylic acids is 2. The van der Waals surface area contributed by atoms with Crippen molar-refractivity contribution in [3.05, 3.63) is 52.8 Å². The van der Waals surface area contributed by atoms with E-state index in [4.69, 9.17) is 0 Å².